The smallest absolute Gasteiger partial charge is 0.259 e. The minimum absolute atomic E-state index is 0.0194. The standard InChI is InChI=1S/C31H29F3N6O4/c1-18-5-2-3-8-23(18)26(27(42)37-20-9-12-31(33,34)13-10-20)39(22-7-4-6-19(32)15-22)28(43)24-16-25(41)29(44)40(24)30-36-14-11-21(17-35)38-30/h2-8,11,14-15,20,24-26,41H,9-10,12-13,16H2,1H3,(H,37,42). The minimum atomic E-state index is -2.83. The number of rotatable bonds is 7. The Balaban J connectivity index is 1.61. The van der Waals surface area contributed by atoms with Gasteiger partial charge in [-0.3, -0.25) is 24.2 Å². The second-order valence-corrected chi connectivity index (χ2v) is 10.9. The molecule has 3 amide bonds. The third kappa shape index (κ3) is 6.26. The highest BCUT2D eigenvalue weighted by molar-refractivity contribution is 6.11. The van der Waals surface area contributed by atoms with Gasteiger partial charge in [-0.1, -0.05) is 30.3 Å². The number of aromatic nitrogens is 2. The van der Waals surface area contributed by atoms with Gasteiger partial charge in [-0.25, -0.2) is 23.1 Å². The molecule has 0 radical (unpaired) electrons. The molecule has 1 saturated heterocycles. The van der Waals surface area contributed by atoms with Crippen LogP contribution in [0.2, 0.25) is 0 Å². The van der Waals surface area contributed by atoms with Crippen molar-refractivity contribution in [2.75, 3.05) is 9.80 Å². The molecule has 1 aromatic heterocycles. The number of halogens is 3. The average molecular weight is 607 g/mol. The summed E-state index contributed by atoms with van der Waals surface area (Å²) >= 11 is 0. The van der Waals surface area contributed by atoms with E-state index in [9.17, 15) is 37.9 Å². The van der Waals surface area contributed by atoms with Crippen LogP contribution in [0.25, 0.3) is 0 Å². The van der Waals surface area contributed by atoms with Crippen molar-refractivity contribution in [1.82, 2.24) is 15.3 Å². The summed E-state index contributed by atoms with van der Waals surface area (Å²) in [4.78, 5) is 51.8. The van der Waals surface area contributed by atoms with E-state index < -0.39 is 73.0 Å². The van der Waals surface area contributed by atoms with Crippen LogP contribution in [0.5, 0.6) is 0 Å². The molecule has 3 aromatic rings. The van der Waals surface area contributed by atoms with Gasteiger partial charge in [0, 0.05) is 37.2 Å². The zero-order chi connectivity index (χ0) is 31.6. The molecule has 13 heteroatoms. The second-order valence-electron chi connectivity index (χ2n) is 10.9. The Labute approximate surface area is 251 Å². The van der Waals surface area contributed by atoms with Gasteiger partial charge in [-0.15, -0.1) is 0 Å². The zero-order valence-electron chi connectivity index (χ0n) is 23.7. The normalized spacial score (nSPS) is 20.5. The van der Waals surface area contributed by atoms with Gasteiger partial charge in [0.25, 0.3) is 11.8 Å². The summed E-state index contributed by atoms with van der Waals surface area (Å²) in [5.41, 5.74) is 0.881. The summed E-state index contributed by atoms with van der Waals surface area (Å²) in [6.07, 6.45) is -1.56. The number of hydrogen-bond acceptors (Lipinski definition) is 7. The van der Waals surface area contributed by atoms with Crippen molar-refractivity contribution in [2.24, 2.45) is 0 Å². The summed E-state index contributed by atoms with van der Waals surface area (Å²) in [5, 5.41) is 22.7. The molecule has 3 atom stereocenters. The number of aliphatic hydroxyl groups is 1. The number of nitrogens with zero attached hydrogens (tertiary/aromatic N) is 5. The number of hydrogen-bond donors (Lipinski definition) is 2. The first-order valence-electron chi connectivity index (χ1n) is 14.1. The Hall–Kier alpha value is -4.83. The van der Waals surface area contributed by atoms with E-state index in [1.54, 1.807) is 31.2 Å². The number of anilines is 2. The van der Waals surface area contributed by atoms with Gasteiger partial charge in [0.15, 0.2) is 0 Å². The van der Waals surface area contributed by atoms with Crippen molar-refractivity contribution in [1.29, 1.82) is 5.26 Å². The molecule has 5 rings (SSSR count). The van der Waals surface area contributed by atoms with E-state index in [1.807, 2.05) is 6.07 Å². The van der Waals surface area contributed by atoms with Crippen molar-refractivity contribution in [2.45, 2.75) is 69.2 Å². The van der Waals surface area contributed by atoms with Crippen LogP contribution in [0.3, 0.4) is 0 Å². The molecule has 2 heterocycles. The van der Waals surface area contributed by atoms with Crippen molar-refractivity contribution < 1.29 is 32.7 Å². The third-order valence-corrected chi connectivity index (χ3v) is 7.92. The summed E-state index contributed by atoms with van der Waals surface area (Å²) in [6, 6.07) is 11.4. The number of amides is 3. The lowest BCUT2D eigenvalue weighted by Gasteiger charge is -2.37. The maximum Gasteiger partial charge on any atom is 0.259 e. The fraction of sp³-hybridized carbons (Fsp3) is 0.355. The molecular weight excluding hydrogens is 577 g/mol. The van der Waals surface area contributed by atoms with Crippen molar-refractivity contribution in [3.8, 4) is 6.07 Å². The Morgan fingerprint density at radius 2 is 1.89 bits per heavy atom. The molecule has 3 unspecified atom stereocenters. The van der Waals surface area contributed by atoms with E-state index in [0.717, 1.165) is 21.9 Å². The van der Waals surface area contributed by atoms with Gasteiger partial charge in [0.05, 0.1) is 0 Å². The van der Waals surface area contributed by atoms with Crippen LogP contribution in [-0.4, -0.2) is 56.9 Å². The molecule has 1 aliphatic heterocycles. The van der Waals surface area contributed by atoms with Crippen LogP contribution in [-0.2, 0) is 14.4 Å². The molecule has 1 saturated carbocycles. The van der Waals surface area contributed by atoms with E-state index in [4.69, 9.17) is 0 Å². The van der Waals surface area contributed by atoms with E-state index in [1.165, 1.54) is 24.4 Å². The molecular formula is C31H29F3N6O4. The SMILES string of the molecule is Cc1ccccc1C(C(=O)NC1CCC(F)(F)CC1)N(C(=O)C1CC(O)C(=O)N1c1nccc(C#N)n1)c1cccc(F)c1. The number of benzene rings is 2. The van der Waals surface area contributed by atoms with Gasteiger partial charge >= 0.3 is 0 Å². The number of carbonyl (C=O) groups is 3. The Morgan fingerprint density at radius 1 is 1.16 bits per heavy atom. The van der Waals surface area contributed by atoms with E-state index in [-0.39, 0.29) is 30.2 Å². The summed E-state index contributed by atoms with van der Waals surface area (Å²) in [6.45, 7) is 1.72. The lowest BCUT2D eigenvalue weighted by Crippen LogP contribution is -2.53. The first kappa shape index (κ1) is 30.6. The predicted octanol–water partition coefficient (Wildman–Crippen LogP) is 3.73. The van der Waals surface area contributed by atoms with Crippen LogP contribution in [0.1, 0.15) is 55.0 Å². The van der Waals surface area contributed by atoms with Crippen LogP contribution >= 0.6 is 0 Å². The quantitative estimate of drug-likeness (QED) is 0.418. The zero-order valence-corrected chi connectivity index (χ0v) is 23.7. The molecule has 0 spiro atoms. The number of carbonyl (C=O) groups excluding carboxylic acids is 3. The van der Waals surface area contributed by atoms with E-state index in [2.05, 4.69) is 15.3 Å². The number of nitrogens with one attached hydrogen (secondary N) is 1. The number of aryl methyl sites for hydroxylation is 1. The maximum absolute atomic E-state index is 14.6. The summed E-state index contributed by atoms with van der Waals surface area (Å²) < 4.78 is 42.4. The molecule has 2 N–H and O–H groups in total. The lowest BCUT2D eigenvalue weighted by molar-refractivity contribution is -0.128. The van der Waals surface area contributed by atoms with Crippen LogP contribution in [0, 0.1) is 24.1 Å². The number of aliphatic hydroxyl groups excluding tert-OH is 1. The second kappa shape index (κ2) is 12.4. The van der Waals surface area contributed by atoms with Gasteiger partial charge in [-0.2, -0.15) is 5.26 Å². The largest absolute Gasteiger partial charge is 0.383 e. The van der Waals surface area contributed by atoms with Crippen molar-refractivity contribution in [3.05, 3.63) is 83.4 Å². The molecule has 44 heavy (non-hydrogen) atoms. The monoisotopic (exact) mass is 606 g/mol. The van der Waals surface area contributed by atoms with E-state index in [0.29, 0.717) is 11.1 Å². The molecule has 228 valence electrons. The first-order chi connectivity index (χ1) is 21.0. The fourth-order valence-electron chi connectivity index (χ4n) is 5.65. The van der Waals surface area contributed by atoms with Gasteiger partial charge in [0.1, 0.15) is 35.8 Å². The summed E-state index contributed by atoms with van der Waals surface area (Å²) in [7, 11) is 0. The topological polar surface area (TPSA) is 140 Å². The number of alkyl halides is 2. The molecule has 2 aliphatic rings. The minimum Gasteiger partial charge on any atom is -0.383 e. The first-order valence-corrected chi connectivity index (χ1v) is 14.1. The van der Waals surface area contributed by atoms with E-state index >= 15 is 0 Å². The highest BCUT2D eigenvalue weighted by atomic mass is 19.3. The van der Waals surface area contributed by atoms with Crippen LogP contribution in [0.15, 0.2) is 60.8 Å². The van der Waals surface area contributed by atoms with Gasteiger partial charge in [0.2, 0.25) is 17.8 Å². The molecule has 10 nitrogen and oxygen atoms in total. The van der Waals surface area contributed by atoms with Crippen LogP contribution < -0.4 is 15.1 Å². The average Bonchev–Trinajstić information content (AvgIpc) is 3.30. The Morgan fingerprint density at radius 3 is 2.57 bits per heavy atom. The van der Waals surface area contributed by atoms with Gasteiger partial charge < -0.3 is 10.4 Å². The Bertz CT molecular complexity index is 1620. The number of nitriles is 1. The Kier molecular flexibility index (Phi) is 8.64. The van der Waals surface area contributed by atoms with Crippen LogP contribution in [0.4, 0.5) is 24.8 Å². The van der Waals surface area contributed by atoms with Crippen molar-refractivity contribution in [3.63, 3.8) is 0 Å². The fourth-order valence-corrected chi connectivity index (χ4v) is 5.65. The molecule has 2 aromatic carbocycles. The third-order valence-electron chi connectivity index (χ3n) is 7.92. The van der Waals surface area contributed by atoms with Crippen molar-refractivity contribution >= 4 is 29.4 Å². The predicted molar refractivity (Wildman–Crippen MR) is 152 cm³/mol. The maximum atomic E-state index is 14.6. The molecule has 2 fully saturated rings. The molecule has 0 bridgehead atoms. The summed E-state index contributed by atoms with van der Waals surface area (Å²) in [5.74, 6) is -6.27. The lowest BCUT2D eigenvalue weighted by atomic mass is 9.91. The highest BCUT2D eigenvalue weighted by Gasteiger charge is 2.49. The molecule has 1 aliphatic carbocycles. The highest BCUT2D eigenvalue weighted by Crippen LogP contribution is 2.36. The van der Waals surface area contributed by atoms with Gasteiger partial charge in [-0.05, 0) is 55.2 Å².